The van der Waals surface area contributed by atoms with E-state index in [1.165, 1.54) is 16.2 Å². The zero-order valence-corrected chi connectivity index (χ0v) is 19.2. The number of nitrogens with one attached hydrogen (secondary N) is 1. The van der Waals surface area contributed by atoms with E-state index >= 15 is 0 Å². The van der Waals surface area contributed by atoms with E-state index in [4.69, 9.17) is 9.47 Å². The number of esters is 1. The van der Waals surface area contributed by atoms with Crippen molar-refractivity contribution in [1.82, 2.24) is 14.9 Å². The van der Waals surface area contributed by atoms with E-state index < -0.39 is 5.97 Å². The van der Waals surface area contributed by atoms with Crippen LogP contribution in [-0.2, 0) is 16.0 Å². The summed E-state index contributed by atoms with van der Waals surface area (Å²) in [6.45, 7) is 5.90. The molecule has 31 heavy (non-hydrogen) atoms. The highest BCUT2D eigenvalue weighted by Crippen LogP contribution is 2.29. The van der Waals surface area contributed by atoms with Crippen molar-refractivity contribution >= 4 is 34.6 Å². The van der Waals surface area contributed by atoms with Crippen LogP contribution in [0.1, 0.15) is 50.5 Å². The summed E-state index contributed by atoms with van der Waals surface area (Å²) in [5.41, 5.74) is 2.93. The molecule has 0 saturated carbocycles. The van der Waals surface area contributed by atoms with E-state index in [0.29, 0.717) is 36.0 Å². The highest BCUT2D eigenvalue weighted by atomic mass is 32.1. The largest absolute Gasteiger partial charge is 0.461 e. The second kappa shape index (κ2) is 9.76. The van der Waals surface area contributed by atoms with Gasteiger partial charge in [0, 0.05) is 29.1 Å². The lowest BCUT2D eigenvalue weighted by atomic mass is 10.2. The Morgan fingerprint density at radius 3 is 2.97 bits per heavy atom. The molecule has 0 radical (unpaired) electrons. The average molecular weight is 460 g/mol. The van der Waals surface area contributed by atoms with Gasteiger partial charge in [0.05, 0.1) is 36.2 Å². The maximum absolute atomic E-state index is 13.0. The summed E-state index contributed by atoms with van der Waals surface area (Å²) in [5.74, 6) is -0.554. The Kier molecular flexibility index (Phi) is 6.84. The van der Waals surface area contributed by atoms with E-state index in [-0.39, 0.29) is 12.0 Å². The summed E-state index contributed by atoms with van der Waals surface area (Å²) in [6.07, 6.45) is 2.09. The van der Waals surface area contributed by atoms with Crippen molar-refractivity contribution < 1.29 is 19.1 Å². The number of ether oxygens (including phenoxy) is 2. The lowest BCUT2D eigenvalue weighted by Gasteiger charge is -2.12. The fourth-order valence-electron chi connectivity index (χ4n) is 3.63. The number of aromatic nitrogens is 2. The van der Waals surface area contributed by atoms with Crippen molar-refractivity contribution in [3.8, 4) is 11.4 Å². The normalized spacial score (nSPS) is 15.9. The Morgan fingerprint density at radius 1 is 1.39 bits per heavy atom. The molecule has 1 aliphatic rings. The average Bonchev–Trinajstić information content (AvgIpc) is 3.56. The fourth-order valence-corrected chi connectivity index (χ4v) is 5.03. The number of nitrogens with zero attached hydrogens (tertiary/aromatic N) is 2. The molecule has 3 aromatic heterocycles. The standard InChI is InChI=1S/C22H25N3O4S2/c1-3-28-22(27)21-24-18(13-31-21)19-10-17(20(26)23-11-15-6-4-8-29-15)14(2)25(19)12-16-7-5-9-30-16/h5,7,9-10,13,15H,3-4,6,8,11-12H2,1-2H3,(H,23,26). The molecular formula is C22H25N3O4S2. The third-order valence-electron chi connectivity index (χ3n) is 5.24. The first-order valence-corrected chi connectivity index (χ1v) is 12.1. The van der Waals surface area contributed by atoms with Crippen LogP contribution in [0.4, 0.5) is 0 Å². The lowest BCUT2D eigenvalue weighted by Crippen LogP contribution is -2.32. The molecule has 1 fully saturated rings. The van der Waals surface area contributed by atoms with Crippen molar-refractivity contribution in [2.75, 3.05) is 19.8 Å². The number of amides is 1. The fraction of sp³-hybridized carbons (Fsp3) is 0.409. The first kappa shape index (κ1) is 21.7. The molecule has 1 amide bonds. The Labute approximate surface area is 189 Å². The highest BCUT2D eigenvalue weighted by Gasteiger charge is 2.23. The summed E-state index contributed by atoms with van der Waals surface area (Å²) in [6, 6.07) is 5.93. The number of hydrogen-bond donors (Lipinski definition) is 1. The Morgan fingerprint density at radius 2 is 2.26 bits per heavy atom. The van der Waals surface area contributed by atoms with Gasteiger partial charge < -0.3 is 19.4 Å². The zero-order chi connectivity index (χ0) is 21.8. The van der Waals surface area contributed by atoms with Crippen LogP contribution >= 0.6 is 22.7 Å². The third kappa shape index (κ3) is 4.89. The minimum atomic E-state index is -0.429. The second-order valence-electron chi connectivity index (χ2n) is 7.30. The SMILES string of the molecule is CCOC(=O)c1nc(-c2cc(C(=O)NCC3CCCO3)c(C)n2Cc2cccs2)cs1. The molecule has 1 N–H and O–H groups in total. The topological polar surface area (TPSA) is 82.4 Å². The van der Waals surface area contributed by atoms with Gasteiger partial charge in [-0.3, -0.25) is 4.79 Å². The van der Waals surface area contributed by atoms with Crippen LogP contribution in [0.25, 0.3) is 11.4 Å². The van der Waals surface area contributed by atoms with Gasteiger partial charge in [-0.1, -0.05) is 6.07 Å². The molecule has 1 saturated heterocycles. The van der Waals surface area contributed by atoms with Crippen LogP contribution in [0.2, 0.25) is 0 Å². The summed E-state index contributed by atoms with van der Waals surface area (Å²) in [5, 5.41) is 7.18. The van der Waals surface area contributed by atoms with Crippen LogP contribution in [0.15, 0.2) is 29.0 Å². The van der Waals surface area contributed by atoms with Gasteiger partial charge in [-0.25, -0.2) is 9.78 Å². The van der Waals surface area contributed by atoms with E-state index in [2.05, 4.69) is 20.9 Å². The number of thiazole rings is 1. The highest BCUT2D eigenvalue weighted by molar-refractivity contribution is 7.12. The van der Waals surface area contributed by atoms with Gasteiger partial charge in [-0.15, -0.1) is 22.7 Å². The molecule has 7 nitrogen and oxygen atoms in total. The van der Waals surface area contributed by atoms with E-state index in [0.717, 1.165) is 30.8 Å². The third-order valence-corrected chi connectivity index (χ3v) is 6.92. The molecule has 4 rings (SSSR count). The predicted octanol–water partition coefficient (Wildman–Crippen LogP) is 4.12. The Bertz CT molecular complexity index is 1050. The maximum Gasteiger partial charge on any atom is 0.367 e. The Balaban J connectivity index is 1.63. The number of carbonyl (C=O) groups excluding carboxylic acids is 2. The van der Waals surface area contributed by atoms with Crippen LogP contribution in [0, 0.1) is 6.92 Å². The van der Waals surface area contributed by atoms with Crippen molar-refractivity contribution in [2.45, 2.75) is 39.3 Å². The van der Waals surface area contributed by atoms with Crippen LogP contribution in [0.3, 0.4) is 0 Å². The number of rotatable bonds is 8. The summed E-state index contributed by atoms with van der Waals surface area (Å²) in [4.78, 5) is 30.7. The molecule has 1 aliphatic heterocycles. The van der Waals surface area contributed by atoms with Crippen molar-refractivity contribution in [3.63, 3.8) is 0 Å². The van der Waals surface area contributed by atoms with E-state index in [9.17, 15) is 9.59 Å². The maximum atomic E-state index is 13.0. The van der Waals surface area contributed by atoms with E-state index in [1.807, 2.05) is 29.8 Å². The monoisotopic (exact) mass is 459 g/mol. The molecule has 0 aromatic carbocycles. The molecule has 0 aliphatic carbocycles. The quantitative estimate of drug-likeness (QED) is 0.513. The zero-order valence-electron chi connectivity index (χ0n) is 17.6. The number of thiophene rings is 1. The molecule has 0 bridgehead atoms. The van der Waals surface area contributed by atoms with Crippen LogP contribution in [0.5, 0.6) is 0 Å². The first-order chi connectivity index (χ1) is 15.1. The van der Waals surface area contributed by atoms with Gasteiger partial charge in [0.2, 0.25) is 5.01 Å². The molecule has 9 heteroatoms. The smallest absolute Gasteiger partial charge is 0.367 e. The van der Waals surface area contributed by atoms with Crippen LogP contribution < -0.4 is 5.32 Å². The van der Waals surface area contributed by atoms with Crippen molar-refractivity contribution in [2.24, 2.45) is 0 Å². The van der Waals surface area contributed by atoms with Gasteiger partial charge in [-0.05, 0) is 44.2 Å². The van der Waals surface area contributed by atoms with Gasteiger partial charge >= 0.3 is 5.97 Å². The lowest BCUT2D eigenvalue weighted by molar-refractivity contribution is 0.0526. The first-order valence-electron chi connectivity index (χ1n) is 10.3. The molecule has 4 heterocycles. The van der Waals surface area contributed by atoms with Gasteiger partial charge in [0.15, 0.2) is 0 Å². The van der Waals surface area contributed by atoms with Crippen molar-refractivity contribution in [3.05, 3.63) is 50.1 Å². The minimum absolute atomic E-state index is 0.0857. The molecule has 3 aromatic rings. The minimum Gasteiger partial charge on any atom is -0.461 e. The number of hydrogen-bond acceptors (Lipinski definition) is 7. The number of carbonyl (C=O) groups is 2. The molecular weight excluding hydrogens is 434 g/mol. The molecule has 164 valence electrons. The van der Waals surface area contributed by atoms with Crippen LogP contribution in [-0.4, -0.2) is 47.3 Å². The summed E-state index contributed by atoms with van der Waals surface area (Å²) >= 11 is 2.91. The van der Waals surface area contributed by atoms with Gasteiger partial charge in [0.25, 0.3) is 5.91 Å². The predicted molar refractivity (Wildman–Crippen MR) is 121 cm³/mol. The van der Waals surface area contributed by atoms with Gasteiger partial charge in [0.1, 0.15) is 0 Å². The Hall–Kier alpha value is -2.49. The van der Waals surface area contributed by atoms with Crippen molar-refractivity contribution in [1.29, 1.82) is 0 Å². The second-order valence-corrected chi connectivity index (χ2v) is 9.19. The van der Waals surface area contributed by atoms with E-state index in [1.54, 1.807) is 18.3 Å². The molecule has 0 spiro atoms. The summed E-state index contributed by atoms with van der Waals surface area (Å²) < 4.78 is 12.8. The molecule has 1 unspecified atom stereocenters. The summed E-state index contributed by atoms with van der Waals surface area (Å²) in [7, 11) is 0. The van der Waals surface area contributed by atoms with Gasteiger partial charge in [-0.2, -0.15) is 0 Å². The molecule has 1 atom stereocenters.